The van der Waals surface area contributed by atoms with Crippen LogP contribution in [0.1, 0.15) is 30.7 Å². The molecule has 2 fully saturated rings. The minimum atomic E-state index is -0.0738. The van der Waals surface area contributed by atoms with Gasteiger partial charge in [-0.05, 0) is 59.8 Å². The average molecular weight is 386 g/mol. The summed E-state index contributed by atoms with van der Waals surface area (Å²) >= 11 is 0. The normalized spacial score (nSPS) is 26.6. The largest absolute Gasteiger partial charge is 0.469 e. The van der Waals surface area contributed by atoms with Crippen molar-refractivity contribution in [3.8, 4) is 11.1 Å². The van der Waals surface area contributed by atoms with Gasteiger partial charge < -0.3 is 4.74 Å². The van der Waals surface area contributed by atoms with Crippen molar-refractivity contribution in [2.24, 2.45) is 5.92 Å². The van der Waals surface area contributed by atoms with Crippen LogP contribution in [0.15, 0.2) is 66.7 Å². The maximum Gasteiger partial charge on any atom is 0.310 e. The van der Waals surface area contributed by atoms with Gasteiger partial charge in [0.1, 0.15) is 0 Å². The summed E-state index contributed by atoms with van der Waals surface area (Å²) in [7, 11) is 3.68. The number of hydrogen-bond donors (Lipinski definition) is 0. The Hall–Kier alpha value is -2.65. The number of methoxy groups -OCH3 is 1. The summed E-state index contributed by atoms with van der Waals surface area (Å²) in [5, 5.41) is 2.52. The van der Waals surface area contributed by atoms with E-state index in [1.54, 1.807) is 0 Å². The van der Waals surface area contributed by atoms with Crippen molar-refractivity contribution in [2.45, 2.75) is 37.3 Å². The van der Waals surface area contributed by atoms with Crippen molar-refractivity contribution in [3.63, 3.8) is 0 Å². The molecule has 0 spiro atoms. The second-order valence-corrected chi connectivity index (χ2v) is 8.54. The predicted octanol–water partition coefficient (Wildman–Crippen LogP) is 5.25. The SMILES string of the molecule is COC(=O)C1C(c2ccc(-c3ccc4ccccc4c3)cc2)CC2CCC1N2C. The van der Waals surface area contributed by atoms with E-state index in [0.717, 1.165) is 12.8 Å². The third-order valence-corrected chi connectivity index (χ3v) is 7.16. The number of benzene rings is 3. The summed E-state index contributed by atoms with van der Waals surface area (Å²) in [6, 6.07) is 24.8. The zero-order valence-corrected chi connectivity index (χ0v) is 17.0. The Kier molecular flexibility index (Phi) is 4.63. The van der Waals surface area contributed by atoms with E-state index in [9.17, 15) is 4.79 Å². The highest BCUT2D eigenvalue weighted by Crippen LogP contribution is 2.46. The van der Waals surface area contributed by atoms with Crippen LogP contribution >= 0.6 is 0 Å². The predicted molar refractivity (Wildman–Crippen MR) is 117 cm³/mol. The van der Waals surface area contributed by atoms with Crippen LogP contribution in [0.5, 0.6) is 0 Å². The fourth-order valence-corrected chi connectivity index (χ4v) is 5.56. The van der Waals surface area contributed by atoms with Gasteiger partial charge in [0.05, 0.1) is 13.0 Å². The van der Waals surface area contributed by atoms with Crippen molar-refractivity contribution in [1.29, 1.82) is 0 Å². The molecule has 2 aliphatic rings. The molecule has 0 radical (unpaired) electrons. The van der Waals surface area contributed by atoms with Gasteiger partial charge in [0, 0.05) is 18.0 Å². The number of esters is 1. The van der Waals surface area contributed by atoms with Crippen LogP contribution in [0.4, 0.5) is 0 Å². The molecule has 0 saturated carbocycles. The Morgan fingerprint density at radius 2 is 1.66 bits per heavy atom. The molecule has 3 aromatic carbocycles. The molecule has 3 aromatic rings. The molecule has 2 aliphatic heterocycles. The third-order valence-electron chi connectivity index (χ3n) is 7.16. The van der Waals surface area contributed by atoms with Crippen LogP contribution in [-0.4, -0.2) is 37.1 Å². The van der Waals surface area contributed by atoms with E-state index in [4.69, 9.17) is 4.74 Å². The minimum Gasteiger partial charge on any atom is -0.469 e. The maximum absolute atomic E-state index is 12.6. The van der Waals surface area contributed by atoms with Gasteiger partial charge in [-0.2, -0.15) is 0 Å². The summed E-state index contributed by atoms with van der Waals surface area (Å²) in [6.07, 6.45) is 3.30. The fraction of sp³-hybridized carbons (Fsp3) is 0.346. The zero-order chi connectivity index (χ0) is 20.0. The lowest BCUT2D eigenvalue weighted by molar-refractivity contribution is -0.150. The Morgan fingerprint density at radius 1 is 0.931 bits per heavy atom. The third kappa shape index (κ3) is 3.14. The van der Waals surface area contributed by atoms with E-state index < -0.39 is 0 Å². The Labute approximate surface area is 172 Å². The molecule has 3 nitrogen and oxygen atoms in total. The summed E-state index contributed by atoms with van der Waals surface area (Å²) < 4.78 is 5.21. The highest BCUT2D eigenvalue weighted by Gasteiger charge is 2.49. The van der Waals surface area contributed by atoms with E-state index >= 15 is 0 Å². The van der Waals surface area contributed by atoms with Crippen LogP contribution in [0, 0.1) is 5.92 Å². The lowest BCUT2D eigenvalue weighted by Gasteiger charge is -2.41. The first-order chi connectivity index (χ1) is 14.2. The molecule has 148 valence electrons. The average Bonchev–Trinajstić information content (AvgIpc) is 3.00. The lowest BCUT2D eigenvalue weighted by atomic mass is 9.76. The first-order valence-electron chi connectivity index (χ1n) is 10.5. The molecule has 0 amide bonds. The lowest BCUT2D eigenvalue weighted by Crippen LogP contribution is -2.49. The summed E-state index contributed by atoms with van der Waals surface area (Å²) in [5.74, 6) is 0.0999. The highest BCUT2D eigenvalue weighted by atomic mass is 16.5. The molecular formula is C26H27NO2. The van der Waals surface area contributed by atoms with Gasteiger partial charge in [0.15, 0.2) is 0 Å². The number of nitrogens with zero attached hydrogens (tertiary/aromatic N) is 1. The van der Waals surface area contributed by atoms with Gasteiger partial charge in [-0.3, -0.25) is 9.69 Å². The van der Waals surface area contributed by atoms with E-state index in [-0.39, 0.29) is 17.8 Å². The molecule has 2 heterocycles. The number of ether oxygens (including phenoxy) is 1. The van der Waals surface area contributed by atoms with Crippen LogP contribution in [0.2, 0.25) is 0 Å². The fourth-order valence-electron chi connectivity index (χ4n) is 5.56. The molecule has 29 heavy (non-hydrogen) atoms. The Balaban J connectivity index is 1.46. The minimum absolute atomic E-state index is 0.0641. The van der Waals surface area contributed by atoms with Gasteiger partial charge >= 0.3 is 5.97 Å². The topological polar surface area (TPSA) is 29.5 Å². The number of hydrogen-bond acceptors (Lipinski definition) is 3. The molecular weight excluding hydrogens is 358 g/mol. The van der Waals surface area contributed by atoms with Gasteiger partial charge in [-0.1, -0.05) is 60.7 Å². The van der Waals surface area contributed by atoms with E-state index in [1.807, 2.05) is 0 Å². The van der Waals surface area contributed by atoms with Crippen molar-refractivity contribution in [2.75, 3.05) is 14.2 Å². The van der Waals surface area contributed by atoms with E-state index in [1.165, 1.54) is 41.0 Å². The van der Waals surface area contributed by atoms with Crippen LogP contribution < -0.4 is 0 Å². The van der Waals surface area contributed by atoms with Crippen LogP contribution in [0.3, 0.4) is 0 Å². The van der Waals surface area contributed by atoms with Crippen molar-refractivity contribution in [1.82, 2.24) is 4.90 Å². The van der Waals surface area contributed by atoms with E-state index in [2.05, 4.69) is 78.7 Å². The van der Waals surface area contributed by atoms with Crippen LogP contribution in [0.25, 0.3) is 21.9 Å². The molecule has 0 aromatic heterocycles. The first-order valence-corrected chi connectivity index (χ1v) is 10.5. The molecule has 0 aliphatic carbocycles. The Bertz CT molecular complexity index is 1040. The Morgan fingerprint density at radius 3 is 2.41 bits per heavy atom. The zero-order valence-electron chi connectivity index (χ0n) is 17.0. The smallest absolute Gasteiger partial charge is 0.310 e. The van der Waals surface area contributed by atoms with Gasteiger partial charge in [-0.15, -0.1) is 0 Å². The standard InChI is InChI=1S/C26H27NO2/c1-27-22-13-14-24(27)25(26(28)29-2)23(16-22)19-10-7-18(8-11-19)21-12-9-17-5-3-4-6-20(17)15-21/h3-12,15,22-25H,13-14,16H2,1-2H3. The second kappa shape index (κ2) is 7.31. The molecule has 2 bridgehead atoms. The molecule has 0 N–H and O–H groups in total. The molecule has 4 unspecified atom stereocenters. The molecule has 4 atom stereocenters. The molecule has 2 saturated heterocycles. The van der Waals surface area contributed by atoms with Crippen molar-refractivity contribution >= 4 is 16.7 Å². The summed E-state index contributed by atoms with van der Waals surface area (Å²) in [6.45, 7) is 0. The first kappa shape index (κ1) is 18.4. The van der Waals surface area contributed by atoms with E-state index in [0.29, 0.717) is 12.1 Å². The number of carbonyl (C=O) groups is 1. The van der Waals surface area contributed by atoms with Crippen LogP contribution in [-0.2, 0) is 9.53 Å². The number of rotatable bonds is 3. The van der Waals surface area contributed by atoms with Gasteiger partial charge in [0.25, 0.3) is 0 Å². The number of piperidine rings is 1. The molecule has 5 rings (SSSR count). The molecule has 3 heteroatoms. The van der Waals surface area contributed by atoms with Crippen molar-refractivity contribution < 1.29 is 9.53 Å². The van der Waals surface area contributed by atoms with Crippen molar-refractivity contribution in [3.05, 3.63) is 72.3 Å². The highest BCUT2D eigenvalue weighted by molar-refractivity contribution is 5.87. The maximum atomic E-state index is 12.6. The number of carbonyl (C=O) groups excluding carboxylic acids is 1. The van der Waals surface area contributed by atoms with Gasteiger partial charge in [0.2, 0.25) is 0 Å². The summed E-state index contributed by atoms with van der Waals surface area (Å²) in [4.78, 5) is 15.1. The monoisotopic (exact) mass is 385 g/mol. The van der Waals surface area contributed by atoms with Gasteiger partial charge in [-0.25, -0.2) is 0 Å². The quantitative estimate of drug-likeness (QED) is 0.577. The second-order valence-electron chi connectivity index (χ2n) is 8.54. The number of fused-ring (bicyclic) bond motifs is 3. The summed E-state index contributed by atoms with van der Waals surface area (Å²) in [5.41, 5.74) is 3.70.